The summed E-state index contributed by atoms with van der Waals surface area (Å²) in [5, 5.41) is 2.77. The van der Waals surface area contributed by atoms with Gasteiger partial charge in [-0.25, -0.2) is 0 Å². The van der Waals surface area contributed by atoms with Crippen LogP contribution < -0.4 is 11.1 Å². The number of hydrogen-bond acceptors (Lipinski definition) is 4. The van der Waals surface area contributed by atoms with Gasteiger partial charge in [0.15, 0.2) is 0 Å². The van der Waals surface area contributed by atoms with E-state index in [9.17, 15) is 9.59 Å². The Bertz CT molecular complexity index is 843. The lowest BCUT2D eigenvalue weighted by molar-refractivity contribution is -0.127. The number of nitrogens with two attached hydrogens (primary N) is 1. The Kier molecular flexibility index (Phi) is 5.31. The molecule has 0 aliphatic heterocycles. The number of allylic oxidation sites excluding steroid dienone is 2. The minimum Gasteiger partial charge on any atom is -0.397 e. The highest BCUT2D eigenvalue weighted by Crippen LogP contribution is 2.23. The third kappa shape index (κ3) is 4.08. The number of pyridine rings is 1. The van der Waals surface area contributed by atoms with Crippen molar-refractivity contribution in [3.63, 3.8) is 0 Å². The Morgan fingerprint density at radius 3 is 2.65 bits per heavy atom. The first kappa shape index (κ1) is 17.7. The molecule has 6 heteroatoms. The third-order valence-corrected chi connectivity index (χ3v) is 4.36. The molecule has 3 N–H and O–H groups in total. The van der Waals surface area contributed by atoms with Crippen LogP contribution in [0.3, 0.4) is 0 Å². The van der Waals surface area contributed by atoms with Crippen molar-refractivity contribution in [3.8, 4) is 0 Å². The van der Waals surface area contributed by atoms with Gasteiger partial charge in [0.05, 0.1) is 29.2 Å². The largest absolute Gasteiger partial charge is 0.397 e. The number of hydrogen-bond donors (Lipinski definition) is 2. The molecule has 6 nitrogen and oxygen atoms in total. The molecule has 2 amide bonds. The molecule has 1 aromatic carbocycles. The lowest BCUT2D eigenvalue weighted by atomic mass is 10.2. The summed E-state index contributed by atoms with van der Waals surface area (Å²) in [5.74, 6) is -0.273. The average molecular weight is 350 g/mol. The van der Waals surface area contributed by atoms with E-state index < -0.39 is 0 Å². The summed E-state index contributed by atoms with van der Waals surface area (Å²) >= 11 is 0. The number of rotatable bonds is 5. The summed E-state index contributed by atoms with van der Waals surface area (Å²) in [7, 11) is 0. The van der Waals surface area contributed by atoms with Gasteiger partial charge in [0, 0.05) is 18.8 Å². The van der Waals surface area contributed by atoms with Gasteiger partial charge in [-0.2, -0.15) is 0 Å². The molecule has 0 spiro atoms. The van der Waals surface area contributed by atoms with Crippen molar-refractivity contribution in [1.82, 2.24) is 9.88 Å². The molecule has 0 bridgehead atoms. The van der Waals surface area contributed by atoms with E-state index in [-0.39, 0.29) is 11.8 Å². The smallest absolute Gasteiger partial charge is 0.257 e. The first-order valence-corrected chi connectivity index (χ1v) is 8.62. The zero-order valence-electron chi connectivity index (χ0n) is 14.7. The number of aromatic nitrogens is 1. The Labute approximate surface area is 152 Å². The monoisotopic (exact) mass is 350 g/mol. The molecule has 0 radical (unpaired) electrons. The molecule has 0 saturated carbocycles. The van der Waals surface area contributed by atoms with Crippen LogP contribution in [0.25, 0.3) is 0 Å². The van der Waals surface area contributed by atoms with E-state index in [2.05, 4.69) is 16.4 Å². The van der Waals surface area contributed by atoms with Crippen molar-refractivity contribution in [3.05, 3.63) is 65.6 Å². The van der Waals surface area contributed by atoms with Crippen molar-refractivity contribution < 1.29 is 9.59 Å². The van der Waals surface area contributed by atoms with Crippen LogP contribution in [-0.2, 0) is 11.3 Å². The fourth-order valence-corrected chi connectivity index (χ4v) is 2.93. The highest BCUT2D eigenvalue weighted by Gasteiger charge is 2.18. The van der Waals surface area contributed by atoms with Gasteiger partial charge in [-0.3, -0.25) is 14.6 Å². The normalized spacial score (nSPS) is 13.2. The molecular formula is C20H22N4O2. The molecule has 1 heterocycles. The summed E-state index contributed by atoms with van der Waals surface area (Å²) in [6.45, 7) is 1.97. The Balaban J connectivity index is 1.68. The number of nitrogens with zero attached hydrogens (tertiary/aromatic N) is 2. The summed E-state index contributed by atoms with van der Waals surface area (Å²) in [6.07, 6.45) is 6.62. The summed E-state index contributed by atoms with van der Waals surface area (Å²) in [5.41, 5.74) is 9.15. The molecule has 2 aromatic rings. The van der Waals surface area contributed by atoms with E-state index in [1.54, 1.807) is 42.2 Å². The predicted molar refractivity (Wildman–Crippen MR) is 101 cm³/mol. The molecule has 1 aliphatic carbocycles. The second kappa shape index (κ2) is 7.82. The van der Waals surface area contributed by atoms with E-state index in [0.29, 0.717) is 23.5 Å². The van der Waals surface area contributed by atoms with Gasteiger partial charge < -0.3 is 16.0 Å². The zero-order chi connectivity index (χ0) is 18.5. The fourth-order valence-electron chi connectivity index (χ4n) is 2.93. The average Bonchev–Trinajstić information content (AvgIpc) is 3.16. The lowest BCUT2D eigenvalue weighted by Crippen LogP contribution is -2.27. The Morgan fingerprint density at radius 2 is 2.04 bits per heavy atom. The van der Waals surface area contributed by atoms with Crippen molar-refractivity contribution in [2.75, 3.05) is 11.1 Å². The van der Waals surface area contributed by atoms with E-state index in [1.165, 1.54) is 6.20 Å². The number of anilines is 2. The van der Waals surface area contributed by atoms with Gasteiger partial charge >= 0.3 is 0 Å². The summed E-state index contributed by atoms with van der Waals surface area (Å²) < 4.78 is 0. The molecule has 26 heavy (non-hydrogen) atoms. The fraction of sp³-hybridized carbons (Fsp3) is 0.250. The van der Waals surface area contributed by atoms with Crippen molar-refractivity contribution in [2.45, 2.75) is 32.7 Å². The first-order valence-electron chi connectivity index (χ1n) is 8.62. The van der Waals surface area contributed by atoms with Crippen LogP contribution in [0.2, 0.25) is 0 Å². The number of para-hydroxylation sites is 2. The van der Waals surface area contributed by atoms with Crippen LogP contribution in [-0.4, -0.2) is 21.7 Å². The summed E-state index contributed by atoms with van der Waals surface area (Å²) in [4.78, 5) is 30.4. The van der Waals surface area contributed by atoms with Gasteiger partial charge in [0.1, 0.15) is 0 Å². The molecule has 0 saturated heterocycles. The number of carbonyl (C=O) groups excluding carboxylic acids is 2. The highest BCUT2D eigenvalue weighted by molar-refractivity contribution is 6.05. The van der Waals surface area contributed by atoms with Gasteiger partial charge in [-0.1, -0.05) is 18.2 Å². The number of amides is 2. The van der Waals surface area contributed by atoms with Crippen LogP contribution in [0.1, 0.15) is 42.2 Å². The molecule has 3 rings (SSSR count). The molecular weight excluding hydrogens is 328 g/mol. The predicted octanol–water partition coefficient (Wildman–Crippen LogP) is 3.33. The van der Waals surface area contributed by atoms with Crippen LogP contribution in [0.15, 0.2) is 54.4 Å². The second-order valence-electron chi connectivity index (χ2n) is 6.27. The molecule has 0 unspecified atom stereocenters. The van der Waals surface area contributed by atoms with Gasteiger partial charge in [0.25, 0.3) is 5.91 Å². The van der Waals surface area contributed by atoms with E-state index >= 15 is 0 Å². The van der Waals surface area contributed by atoms with Gasteiger partial charge in [-0.05, 0) is 43.5 Å². The molecule has 134 valence electrons. The summed E-state index contributed by atoms with van der Waals surface area (Å²) in [6, 6.07) is 10.6. The number of benzene rings is 1. The highest BCUT2D eigenvalue weighted by atomic mass is 16.2. The minimum atomic E-state index is -0.274. The van der Waals surface area contributed by atoms with Crippen LogP contribution in [0.5, 0.6) is 0 Å². The quantitative estimate of drug-likeness (QED) is 0.810. The number of nitrogens with one attached hydrogen (secondary N) is 1. The molecule has 1 aromatic heterocycles. The van der Waals surface area contributed by atoms with E-state index in [4.69, 9.17) is 5.73 Å². The van der Waals surface area contributed by atoms with E-state index in [0.717, 1.165) is 30.7 Å². The standard InChI is InChI=1S/C20H22N4O2/c1-14(25)24(17-6-2-3-7-17)13-16-11-10-15(12-22-16)20(26)23-19-9-5-4-8-18(19)21/h4-6,8-12H,2-3,7,13,21H2,1H3,(H,23,26). The number of carbonyl (C=O) groups is 2. The Morgan fingerprint density at radius 1 is 1.23 bits per heavy atom. The maximum Gasteiger partial charge on any atom is 0.257 e. The second-order valence-corrected chi connectivity index (χ2v) is 6.27. The van der Waals surface area contributed by atoms with Crippen LogP contribution in [0, 0.1) is 0 Å². The van der Waals surface area contributed by atoms with Crippen molar-refractivity contribution in [1.29, 1.82) is 0 Å². The van der Waals surface area contributed by atoms with Crippen LogP contribution in [0.4, 0.5) is 11.4 Å². The SMILES string of the molecule is CC(=O)N(Cc1ccc(C(=O)Nc2ccccc2N)cn1)C1=CCCC1. The number of nitrogen functional groups attached to an aromatic ring is 1. The van der Waals surface area contributed by atoms with E-state index in [1.807, 2.05) is 6.07 Å². The maximum absolute atomic E-state index is 12.3. The zero-order valence-corrected chi connectivity index (χ0v) is 14.7. The Hall–Kier alpha value is -3.15. The molecule has 0 fully saturated rings. The minimum absolute atomic E-state index is 0.00122. The third-order valence-electron chi connectivity index (χ3n) is 4.36. The van der Waals surface area contributed by atoms with Crippen molar-refractivity contribution in [2.24, 2.45) is 0 Å². The lowest BCUT2D eigenvalue weighted by Gasteiger charge is -2.22. The molecule has 0 atom stereocenters. The van der Waals surface area contributed by atoms with Gasteiger partial charge in [-0.15, -0.1) is 0 Å². The molecule has 1 aliphatic rings. The topological polar surface area (TPSA) is 88.3 Å². The maximum atomic E-state index is 12.3. The van der Waals surface area contributed by atoms with Crippen molar-refractivity contribution >= 4 is 23.2 Å². The first-order chi connectivity index (χ1) is 12.5. The van der Waals surface area contributed by atoms with Crippen LogP contribution >= 0.6 is 0 Å². The van der Waals surface area contributed by atoms with Gasteiger partial charge in [0.2, 0.25) is 5.91 Å².